The molecule has 0 aliphatic rings. The van der Waals surface area contributed by atoms with Crippen molar-refractivity contribution in [1.82, 2.24) is 14.9 Å². The second-order valence-corrected chi connectivity index (χ2v) is 8.75. The molecule has 0 atom stereocenters. The fraction of sp³-hybridized carbons (Fsp3) is 0.250. The first-order valence-corrected chi connectivity index (χ1v) is 11.6. The first-order valence-electron chi connectivity index (χ1n) is 10.2. The molecular weight excluding hydrogens is 460 g/mol. The van der Waals surface area contributed by atoms with Crippen LogP contribution in [0, 0.1) is 13.8 Å². The van der Waals surface area contributed by atoms with Gasteiger partial charge in [-0.2, -0.15) is 0 Å². The van der Waals surface area contributed by atoms with Crippen molar-refractivity contribution in [2.45, 2.75) is 25.5 Å². The normalized spacial score (nSPS) is 10.5. The van der Waals surface area contributed by atoms with Gasteiger partial charge in [-0.25, -0.2) is 9.97 Å². The Morgan fingerprint density at radius 3 is 2.27 bits per heavy atom. The van der Waals surface area contributed by atoms with E-state index in [0.717, 1.165) is 17.0 Å². The first-order chi connectivity index (χ1) is 15.8. The number of halogens is 1. The lowest BCUT2D eigenvalue weighted by Crippen LogP contribution is -2.38. The number of carbonyl (C=O) groups is 2. The second-order valence-electron chi connectivity index (χ2n) is 7.37. The molecule has 0 spiro atoms. The molecule has 0 aliphatic heterocycles. The maximum absolute atomic E-state index is 13.1. The molecule has 3 aromatic rings. The van der Waals surface area contributed by atoms with E-state index in [1.807, 2.05) is 32.0 Å². The van der Waals surface area contributed by atoms with E-state index < -0.39 is 0 Å². The number of aromatic nitrogens is 2. The quantitative estimate of drug-likeness (QED) is 0.355. The maximum atomic E-state index is 13.1. The van der Waals surface area contributed by atoms with E-state index in [0.29, 0.717) is 21.6 Å². The number of methoxy groups -OCH3 is 1. The summed E-state index contributed by atoms with van der Waals surface area (Å²) >= 11 is 7.23. The van der Waals surface area contributed by atoms with Gasteiger partial charge >= 0.3 is 0 Å². The second kappa shape index (κ2) is 11.7. The molecule has 0 aliphatic carbocycles. The summed E-state index contributed by atoms with van der Waals surface area (Å²) in [5.74, 6) is 0.322. The van der Waals surface area contributed by atoms with Gasteiger partial charge < -0.3 is 15.0 Å². The molecule has 0 fully saturated rings. The van der Waals surface area contributed by atoms with Gasteiger partial charge in [0.1, 0.15) is 12.3 Å². The molecule has 2 amide bonds. The monoisotopic (exact) mass is 484 g/mol. The lowest BCUT2D eigenvalue weighted by Gasteiger charge is -2.22. The summed E-state index contributed by atoms with van der Waals surface area (Å²) in [7, 11) is 1.58. The Morgan fingerprint density at radius 1 is 1.03 bits per heavy atom. The van der Waals surface area contributed by atoms with E-state index in [2.05, 4.69) is 15.3 Å². The van der Waals surface area contributed by atoms with Gasteiger partial charge in [-0.3, -0.25) is 9.59 Å². The number of aryl methyl sites for hydroxylation is 2. The average Bonchev–Trinajstić information content (AvgIpc) is 2.78. The van der Waals surface area contributed by atoms with E-state index in [-0.39, 0.29) is 30.7 Å². The Labute approximate surface area is 202 Å². The van der Waals surface area contributed by atoms with Crippen molar-refractivity contribution in [2.75, 3.05) is 24.7 Å². The zero-order valence-corrected chi connectivity index (χ0v) is 20.2. The summed E-state index contributed by atoms with van der Waals surface area (Å²) < 4.78 is 5.14. The molecule has 1 aromatic heterocycles. The number of thioether (sulfide) groups is 1. The highest BCUT2D eigenvalue weighted by Gasteiger charge is 2.19. The molecule has 7 nitrogen and oxygen atoms in total. The Balaban J connectivity index is 1.69. The molecule has 0 radical (unpaired) electrons. The zero-order chi connectivity index (χ0) is 23.8. The number of nitrogens with one attached hydrogen (secondary N) is 1. The van der Waals surface area contributed by atoms with Crippen molar-refractivity contribution in [3.8, 4) is 5.75 Å². The van der Waals surface area contributed by atoms with Crippen LogP contribution in [0.3, 0.4) is 0 Å². The number of amides is 2. The van der Waals surface area contributed by atoms with Crippen molar-refractivity contribution >= 4 is 40.9 Å². The number of anilines is 1. The molecule has 3 rings (SSSR count). The smallest absolute Gasteiger partial charge is 0.244 e. The number of rotatable bonds is 9. The highest BCUT2D eigenvalue weighted by molar-refractivity contribution is 7.99. The molecule has 1 N–H and O–H groups in total. The number of hydrogen-bond acceptors (Lipinski definition) is 6. The van der Waals surface area contributed by atoms with Gasteiger partial charge in [0.15, 0.2) is 5.16 Å². The Kier molecular flexibility index (Phi) is 8.68. The fourth-order valence-corrected chi connectivity index (χ4v) is 4.04. The SMILES string of the molecule is COc1ccc(NC(=O)CN(Cc2ccc(Cl)cc2)C(=O)CSc2nc(C)cc(C)n2)cc1. The lowest BCUT2D eigenvalue weighted by atomic mass is 10.2. The van der Waals surface area contributed by atoms with Crippen LogP contribution in [0.4, 0.5) is 5.69 Å². The maximum Gasteiger partial charge on any atom is 0.244 e. The topological polar surface area (TPSA) is 84.4 Å². The van der Waals surface area contributed by atoms with Crippen LogP contribution in [0.1, 0.15) is 17.0 Å². The molecule has 0 bridgehead atoms. The summed E-state index contributed by atoms with van der Waals surface area (Å²) in [6, 6.07) is 16.1. The highest BCUT2D eigenvalue weighted by Crippen LogP contribution is 2.18. The minimum Gasteiger partial charge on any atom is -0.497 e. The zero-order valence-electron chi connectivity index (χ0n) is 18.7. The van der Waals surface area contributed by atoms with Crippen LogP contribution in [-0.4, -0.2) is 46.1 Å². The Bertz CT molecular complexity index is 1090. The van der Waals surface area contributed by atoms with E-state index in [9.17, 15) is 9.59 Å². The van der Waals surface area contributed by atoms with Gasteiger partial charge in [0, 0.05) is 28.6 Å². The number of nitrogens with zero attached hydrogens (tertiary/aromatic N) is 3. The Hall–Kier alpha value is -3.10. The fourth-order valence-electron chi connectivity index (χ4n) is 3.07. The predicted octanol–water partition coefficient (Wildman–Crippen LogP) is 4.52. The van der Waals surface area contributed by atoms with Crippen LogP contribution >= 0.6 is 23.4 Å². The van der Waals surface area contributed by atoms with Gasteiger partial charge in [-0.1, -0.05) is 35.5 Å². The minimum atomic E-state index is -0.296. The molecule has 2 aromatic carbocycles. The third kappa shape index (κ3) is 7.76. The summed E-state index contributed by atoms with van der Waals surface area (Å²) in [5.41, 5.74) is 3.18. The summed E-state index contributed by atoms with van der Waals surface area (Å²) in [6.07, 6.45) is 0. The van der Waals surface area contributed by atoms with Gasteiger partial charge in [0.05, 0.1) is 12.9 Å². The van der Waals surface area contributed by atoms with Crippen LogP contribution in [-0.2, 0) is 16.1 Å². The summed E-state index contributed by atoms with van der Waals surface area (Å²) in [4.78, 5) is 36.0. The molecule has 0 saturated carbocycles. The van der Waals surface area contributed by atoms with Crippen molar-refractivity contribution in [3.05, 3.63) is 76.6 Å². The van der Waals surface area contributed by atoms with Gasteiger partial charge in [-0.15, -0.1) is 0 Å². The average molecular weight is 485 g/mol. The number of carbonyl (C=O) groups excluding carboxylic acids is 2. The van der Waals surface area contributed by atoms with Crippen molar-refractivity contribution in [2.24, 2.45) is 0 Å². The third-order valence-electron chi connectivity index (χ3n) is 4.63. The third-order valence-corrected chi connectivity index (χ3v) is 5.72. The number of ether oxygens (including phenoxy) is 1. The van der Waals surface area contributed by atoms with Crippen LogP contribution < -0.4 is 10.1 Å². The number of benzene rings is 2. The van der Waals surface area contributed by atoms with E-state index in [1.165, 1.54) is 16.7 Å². The summed E-state index contributed by atoms with van der Waals surface area (Å²) in [5, 5.41) is 3.97. The molecular formula is C24H25ClN4O3S. The molecule has 1 heterocycles. The molecule has 9 heteroatoms. The van der Waals surface area contributed by atoms with Crippen molar-refractivity contribution in [3.63, 3.8) is 0 Å². The van der Waals surface area contributed by atoms with Crippen LogP contribution in [0.15, 0.2) is 59.8 Å². The molecule has 33 heavy (non-hydrogen) atoms. The van der Waals surface area contributed by atoms with Crippen LogP contribution in [0.5, 0.6) is 5.75 Å². The lowest BCUT2D eigenvalue weighted by molar-refractivity contribution is -0.132. The van der Waals surface area contributed by atoms with Crippen molar-refractivity contribution < 1.29 is 14.3 Å². The first kappa shape index (κ1) is 24.5. The minimum absolute atomic E-state index is 0.0955. The molecule has 0 saturated heterocycles. The standard InChI is InChI=1S/C24H25ClN4O3S/c1-16-12-17(2)27-24(26-16)33-15-23(31)29(13-18-4-6-19(25)7-5-18)14-22(30)28-20-8-10-21(32-3)11-9-20/h4-12H,13-15H2,1-3H3,(H,28,30). The largest absolute Gasteiger partial charge is 0.497 e. The molecule has 172 valence electrons. The van der Waals surface area contributed by atoms with Gasteiger partial charge in [-0.05, 0) is 61.9 Å². The Morgan fingerprint density at radius 2 is 1.67 bits per heavy atom. The van der Waals surface area contributed by atoms with Crippen molar-refractivity contribution in [1.29, 1.82) is 0 Å². The number of hydrogen-bond donors (Lipinski definition) is 1. The molecule has 0 unspecified atom stereocenters. The van der Waals surface area contributed by atoms with E-state index in [4.69, 9.17) is 16.3 Å². The predicted molar refractivity (Wildman–Crippen MR) is 131 cm³/mol. The van der Waals surface area contributed by atoms with E-state index in [1.54, 1.807) is 43.5 Å². The highest BCUT2D eigenvalue weighted by atomic mass is 35.5. The van der Waals surface area contributed by atoms with Crippen LogP contribution in [0.25, 0.3) is 0 Å². The van der Waals surface area contributed by atoms with Gasteiger partial charge in [0.25, 0.3) is 0 Å². The van der Waals surface area contributed by atoms with Gasteiger partial charge in [0.2, 0.25) is 11.8 Å². The van der Waals surface area contributed by atoms with E-state index >= 15 is 0 Å². The summed E-state index contributed by atoms with van der Waals surface area (Å²) in [6.45, 7) is 3.95. The van der Waals surface area contributed by atoms with Crippen LogP contribution in [0.2, 0.25) is 5.02 Å².